The number of nitrogens with zero attached hydrogens (tertiary/aromatic N) is 4. The van der Waals surface area contributed by atoms with Gasteiger partial charge in [-0.3, -0.25) is 9.69 Å². The van der Waals surface area contributed by atoms with E-state index in [4.69, 9.17) is 27.9 Å². The van der Waals surface area contributed by atoms with Crippen molar-refractivity contribution in [3.8, 4) is 5.75 Å². The van der Waals surface area contributed by atoms with Crippen molar-refractivity contribution >= 4 is 34.7 Å². The molecule has 9 heteroatoms. The van der Waals surface area contributed by atoms with E-state index in [1.54, 1.807) is 54.6 Å². The SMILES string of the molecule is O=C(c1ccc(OCCN2CCN(c3cc(Cl)nnc3Cl)CC2)cc1)C(O)c1ccccc1. The summed E-state index contributed by atoms with van der Waals surface area (Å²) in [6.45, 7) is 4.66. The molecule has 33 heavy (non-hydrogen) atoms. The standard InChI is InChI=1S/C24H24Cl2N4O3/c25-21-16-20(24(26)28-27-21)30-12-10-29(11-13-30)14-15-33-19-8-6-18(7-9-19)23(32)22(31)17-4-2-1-3-5-17/h1-9,16,22,31H,10-15H2. The number of hydrogen-bond donors (Lipinski definition) is 1. The Bertz CT molecular complexity index is 1070. The number of aromatic nitrogens is 2. The van der Waals surface area contributed by atoms with Crippen molar-refractivity contribution in [3.05, 3.63) is 82.1 Å². The van der Waals surface area contributed by atoms with Gasteiger partial charge in [0, 0.05) is 44.4 Å². The number of ketones is 1. The van der Waals surface area contributed by atoms with Crippen molar-refractivity contribution in [1.29, 1.82) is 0 Å². The van der Waals surface area contributed by atoms with Crippen molar-refractivity contribution in [2.75, 3.05) is 44.2 Å². The molecule has 1 N–H and O–H groups in total. The van der Waals surface area contributed by atoms with E-state index in [0.717, 1.165) is 38.4 Å². The molecule has 4 rings (SSSR count). The number of hydrogen-bond acceptors (Lipinski definition) is 7. The second kappa shape index (κ2) is 10.9. The Morgan fingerprint density at radius 1 is 1.00 bits per heavy atom. The molecular weight excluding hydrogens is 463 g/mol. The molecule has 0 spiro atoms. The molecule has 1 aliphatic rings. The molecule has 1 fully saturated rings. The van der Waals surface area contributed by atoms with E-state index in [9.17, 15) is 9.90 Å². The maximum Gasteiger partial charge on any atom is 0.195 e. The second-order valence-corrected chi connectivity index (χ2v) is 8.47. The fourth-order valence-electron chi connectivity index (χ4n) is 3.73. The largest absolute Gasteiger partial charge is 0.492 e. The fourth-order valence-corrected chi connectivity index (χ4v) is 4.08. The van der Waals surface area contributed by atoms with Crippen molar-refractivity contribution in [3.63, 3.8) is 0 Å². The van der Waals surface area contributed by atoms with Crippen molar-refractivity contribution in [2.24, 2.45) is 0 Å². The van der Waals surface area contributed by atoms with E-state index < -0.39 is 6.10 Å². The zero-order valence-corrected chi connectivity index (χ0v) is 19.4. The predicted molar refractivity (Wildman–Crippen MR) is 128 cm³/mol. The number of carbonyl (C=O) groups is 1. The minimum absolute atomic E-state index is 0.326. The highest BCUT2D eigenvalue weighted by molar-refractivity contribution is 6.33. The van der Waals surface area contributed by atoms with Crippen LogP contribution in [0.4, 0.5) is 5.69 Å². The molecule has 2 aromatic carbocycles. The van der Waals surface area contributed by atoms with Crippen LogP contribution in [-0.4, -0.2) is 65.3 Å². The molecule has 1 unspecified atom stereocenters. The van der Waals surface area contributed by atoms with Crippen LogP contribution in [-0.2, 0) is 0 Å². The Morgan fingerprint density at radius 2 is 1.70 bits per heavy atom. The topological polar surface area (TPSA) is 78.8 Å². The van der Waals surface area contributed by atoms with Gasteiger partial charge in [0.15, 0.2) is 16.1 Å². The maximum atomic E-state index is 12.5. The van der Waals surface area contributed by atoms with E-state index in [1.807, 2.05) is 6.07 Å². The smallest absolute Gasteiger partial charge is 0.195 e. The van der Waals surface area contributed by atoms with Crippen molar-refractivity contribution in [2.45, 2.75) is 6.10 Å². The second-order valence-electron chi connectivity index (χ2n) is 7.72. The van der Waals surface area contributed by atoms with Crippen LogP contribution in [0.3, 0.4) is 0 Å². The summed E-state index contributed by atoms with van der Waals surface area (Å²) < 4.78 is 5.85. The first-order valence-corrected chi connectivity index (χ1v) is 11.4. The Hall–Kier alpha value is -2.71. The molecule has 3 aromatic rings. The number of rotatable bonds is 8. The third kappa shape index (κ3) is 6.00. The lowest BCUT2D eigenvalue weighted by molar-refractivity contribution is 0.0747. The molecule has 7 nitrogen and oxygen atoms in total. The summed E-state index contributed by atoms with van der Waals surface area (Å²) in [5.41, 5.74) is 1.83. The summed E-state index contributed by atoms with van der Waals surface area (Å²) in [4.78, 5) is 17.0. The lowest BCUT2D eigenvalue weighted by atomic mass is 10.00. The first-order valence-electron chi connectivity index (χ1n) is 10.7. The summed E-state index contributed by atoms with van der Waals surface area (Å²) in [7, 11) is 0. The number of Topliss-reactive ketones (excluding diaryl/α,β-unsaturated/α-hetero) is 1. The molecule has 1 aromatic heterocycles. The quantitative estimate of drug-likeness (QED) is 0.483. The summed E-state index contributed by atoms with van der Waals surface area (Å²) >= 11 is 12.1. The number of anilines is 1. The maximum absolute atomic E-state index is 12.5. The normalized spacial score (nSPS) is 15.3. The van der Waals surface area contributed by atoms with Gasteiger partial charge in [0.25, 0.3) is 0 Å². The van der Waals surface area contributed by atoms with Crippen molar-refractivity contribution < 1.29 is 14.6 Å². The van der Waals surface area contributed by atoms with Crippen LogP contribution in [0.15, 0.2) is 60.7 Å². The zero-order valence-electron chi connectivity index (χ0n) is 17.9. The molecule has 1 atom stereocenters. The molecule has 2 heterocycles. The highest BCUT2D eigenvalue weighted by atomic mass is 35.5. The molecule has 1 saturated heterocycles. The Morgan fingerprint density at radius 3 is 2.39 bits per heavy atom. The van der Waals surface area contributed by atoms with Gasteiger partial charge in [-0.05, 0) is 29.8 Å². The van der Waals surface area contributed by atoms with E-state index >= 15 is 0 Å². The predicted octanol–water partition coefficient (Wildman–Crippen LogP) is 3.90. The summed E-state index contributed by atoms with van der Waals surface area (Å²) in [6, 6.07) is 17.5. The molecule has 172 valence electrons. The van der Waals surface area contributed by atoms with Gasteiger partial charge < -0.3 is 14.7 Å². The van der Waals surface area contributed by atoms with E-state index in [-0.39, 0.29) is 5.78 Å². The van der Waals surface area contributed by atoms with E-state index in [1.165, 1.54) is 0 Å². The van der Waals surface area contributed by atoms with Gasteiger partial charge in [0.05, 0.1) is 5.69 Å². The van der Waals surface area contributed by atoms with Gasteiger partial charge in [-0.25, -0.2) is 0 Å². The number of ether oxygens (including phenoxy) is 1. The molecule has 0 bridgehead atoms. The lowest BCUT2D eigenvalue weighted by Crippen LogP contribution is -2.47. The first kappa shape index (κ1) is 23.4. The number of aliphatic hydroxyl groups is 1. The van der Waals surface area contributed by atoms with E-state index in [2.05, 4.69) is 20.0 Å². The third-order valence-electron chi connectivity index (χ3n) is 5.59. The van der Waals surface area contributed by atoms with Crippen LogP contribution < -0.4 is 9.64 Å². The highest BCUT2D eigenvalue weighted by Crippen LogP contribution is 2.26. The summed E-state index contributed by atoms with van der Waals surface area (Å²) in [5, 5.41) is 18.6. The minimum atomic E-state index is -1.18. The average molecular weight is 487 g/mol. The highest BCUT2D eigenvalue weighted by Gasteiger charge is 2.21. The lowest BCUT2D eigenvalue weighted by Gasteiger charge is -2.36. The van der Waals surface area contributed by atoms with Gasteiger partial charge in [0.1, 0.15) is 18.5 Å². The molecule has 0 radical (unpaired) electrons. The molecule has 0 aliphatic carbocycles. The molecule has 0 saturated carbocycles. The Balaban J connectivity index is 1.23. The van der Waals surface area contributed by atoms with Gasteiger partial charge in [0.2, 0.25) is 0 Å². The average Bonchev–Trinajstić information content (AvgIpc) is 2.86. The Labute approximate surface area is 202 Å². The number of carbonyl (C=O) groups excluding carboxylic acids is 1. The summed E-state index contributed by atoms with van der Waals surface area (Å²) in [6.07, 6.45) is -1.18. The van der Waals surface area contributed by atoms with Crippen LogP contribution in [0, 0.1) is 0 Å². The van der Waals surface area contributed by atoms with Gasteiger partial charge in [-0.15, -0.1) is 10.2 Å². The van der Waals surface area contributed by atoms with E-state index in [0.29, 0.717) is 33.8 Å². The van der Waals surface area contributed by atoms with Crippen LogP contribution in [0.5, 0.6) is 5.75 Å². The third-order valence-corrected chi connectivity index (χ3v) is 6.05. The number of benzene rings is 2. The molecule has 0 amide bonds. The van der Waals surface area contributed by atoms with Crippen LogP contribution in [0.25, 0.3) is 0 Å². The first-order chi connectivity index (χ1) is 16.0. The number of piperazine rings is 1. The fraction of sp³-hybridized carbons (Fsp3) is 0.292. The summed E-state index contributed by atoms with van der Waals surface area (Å²) in [5.74, 6) is 0.347. The zero-order chi connectivity index (χ0) is 23.2. The minimum Gasteiger partial charge on any atom is -0.492 e. The van der Waals surface area contributed by atoms with Crippen LogP contribution >= 0.6 is 23.2 Å². The van der Waals surface area contributed by atoms with Gasteiger partial charge >= 0.3 is 0 Å². The monoisotopic (exact) mass is 486 g/mol. The van der Waals surface area contributed by atoms with Crippen LogP contribution in [0.1, 0.15) is 22.0 Å². The molecular formula is C24H24Cl2N4O3. The Kier molecular flexibility index (Phi) is 7.77. The number of halogens is 2. The van der Waals surface area contributed by atoms with Gasteiger partial charge in [-0.2, -0.15) is 0 Å². The molecule has 1 aliphatic heterocycles. The van der Waals surface area contributed by atoms with Crippen molar-refractivity contribution in [1.82, 2.24) is 15.1 Å². The van der Waals surface area contributed by atoms with Gasteiger partial charge in [-0.1, -0.05) is 53.5 Å². The van der Waals surface area contributed by atoms with Crippen LogP contribution in [0.2, 0.25) is 10.3 Å². The number of aliphatic hydroxyl groups excluding tert-OH is 1.